The van der Waals surface area contributed by atoms with Crippen molar-refractivity contribution in [2.45, 2.75) is 9.79 Å². The fourth-order valence-electron chi connectivity index (χ4n) is 1.62. The second kappa shape index (κ2) is 7.15. The number of anilines is 1. The van der Waals surface area contributed by atoms with Crippen LogP contribution in [0.15, 0.2) is 58.3 Å². The first-order valence-corrected chi connectivity index (χ1v) is 7.47. The third-order valence-electron chi connectivity index (χ3n) is 2.63. The number of nitrogens with two attached hydrogens (primary N) is 1. The quantitative estimate of drug-likeness (QED) is 0.831. The Kier molecular flexibility index (Phi) is 5.25. The first-order valence-electron chi connectivity index (χ1n) is 6.12. The number of rotatable bonds is 5. The molecule has 0 aliphatic carbocycles. The Bertz CT molecular complexity index is 642. The molecule has 2 rings (SSSR count). The Morgan fingerprint density at radius 2 is 1.52 bits per heavy atom. The molecule has 2 aromatic rings. The minimum atomic E-state index is -0.439. The molecule has 3 N–H and O–H groups in total. The molecule has 0 aliphatic heterocycles. The molecule has 6 heteroatoms. The van der Waals surface area contributed by atoms with Crippen molar-refractivity contribution in [3.05, 3.63) is 54.1 Å². The van der Waals surface area contributed by atoms with E-state index in [0.717, 1.165) is 9.79 Å². The van der Waals surface area contributed by atoms with Gasteiger partial charge in [0.25, 0.3) is 0 Å². The van der Waals surface area contributed by atoms with Crippen LogP contribution < -0.4 is 11.1 Å². The summed E-state index contributed by atoms with van der Waals surface area (Å²) in [7, 11) is 0. The highest BCUT2D eigenvalue weighted by atomic mass is 35.5. The molecule has 0 saturated carbocycles. The lowest BCUT2D eigenvalue weighted by Gasteiger charge is -2.05. The Hall–Kier alpha value is -1.98. The lowest BCUT2D eigenvalue weighted by molar-refractivity contribution is -0.113. The average molecular weight is 321 g/mol. The second-order valence-electron chi connectivity index (χ2n) is 4.20. The average Bonchev–Trinajstić information content (AvgIpc) is 2.49. The molecule has 2 amide bonds. The van der Waals surface area contributed by atoms with Crippen molar-refractivity contribution in [2.75, 3.05) is 11.2 Å². The Balaban J connectivity index is 2.02. The predicted molar refractivity (Wildman–Crippen MR) is 84.9 cm³/mol. The van der Waals surface area contributed by atoms with Crippen LogP contribution in [0.25, 0.3) is 0 Å². The van der Waals surface area contributed by atoms with Gasteiger partial charge in [0, 0.05) is 21.0 Å². The van der Waals surface area contributed by atoms with E-state index in [1.165, 1.54) is 0 Å². The number of nitrogens with one attached hydrogen (secondary N) is 1. The summed E-state index contributed by atoms with van der Waals surface area (Å²) in [5, 5.41) is 2.67. The van der Waals surface area contributed by atoms with E-state index >= 15 is 0 Å². The monoisotopic (exact) mass is 320 g/mol. The molecule has 0 fully saturated rings. The van der Waals surface area contributed by atoms with Crippen molar-refractivity contribution in [3.63, 3.8) is 0 Å². The molecular weight excluding hydrogens is 308 g/mol. The summed E-state index contributed by atoms with van der Waals surface area (Å²) in [4.78, 5) is 24.2. The maximum atomic E-state index is 11.2. The van der Waals surface area contributed by atoms with Crippen molar-refractivity contribution >= 4 is 40.9 Å². The van der Waals surface area contributed by atoms with Gasteiger partial charge in [0.1, 0.15) is 5.88 Å². The molecule has 0 atom stereocenters. The fourth-order valence-corrected chi connectivity index (χ4v) is 2.51. The van der Waals surface area contributed by atoms with Gasteiger partial charge >= 0.3 is 0 Å². The van der Waals surface area contributed by atoms with Gasteiger partial charge in [-0.15, -0.1) is 11.6 Å². The van der Waals surface area contributed by atoms with Crippen molar-refractivity contribution < 1.29 is 9.59 Å². The number of amides is 2. The van der Waals surface area contributed by atoms with Gasteiger partial charge in [-0.1, -0.05) is 11.8 Å². The van der Waals surface area contributed by atoms with Crippen LogP contribution in [-0.4, -0.2) is 17.7 Å². The Morgan fingerprint density at radius 1 is 1.00 bits per heavy atom. The Labute approximate surface area is 131 Å². The molecular formula is C15H13ClN2O2S. The van der Waals surface area contributed by atoms with E-state index in [-0.39, 0.29) is 11.8 Å². The van der Waals surface area contributed by atoms with Gasteiger partial charge < -0.3 is 11.1 Å². The van der Waals surface area contributed by atoms with Crippen LogP contribution in [0.4, 0.5) is 5.69 Å². The van der Waals surface area contributed by atoms with Crippen molar-refractivity contribution in [1.29, 1.82) is 0 Å². The van der Waals surface area contributed by atoms with E-state index in [0.29, 0.717) is 11.3 Å². The van der Waals surface area contributed by atoms with Crippen molar-refractivity contribution in [2.24, 2.45) is 5.73 Å². The van der Waals surface area contributed by atoms with E-state index in [4.69, 9.17) is 17.3 Å². The van der Waals surface area contributed by atoms with Crippen LogP contribution >= 0.6 is 23.4 Å². The van der Waals surface area contributed by atoms with Gasteiger partial charge in [-0.2, -0.15) is 0 Å². The number of alkyl halides is 1. The van der Waals surface area contributed by atoms with E-state index in [2.05, 4.69) is 5.32 Å². The zero-order valence-electron chi connectivity index (χ0n) is 11.0. The third kappa shape index (κ3) is 4.51. The summed E-state index contributed by atoms with van der Waals surface area (Å²) < 4.78 is 0. The van der Waals surface area contributed by atoms with Gasteiger partial charge in [-0.25, -0.2) is 0 Å². The molecule has 0 aromatic heterocycles. The zero-order chi connectivity index (χ0) is 15.2. The number of halogens is 1. The van der Waals surface area contributed by atoms with E-state index in [9.17, 15) is 9.59 Å². The molecule has 0 aliphatic rings. The van der Waals surface area contributed by atoms with Gasteiger partial charge in [0.05, 0.1) is 0 Å². The zero-order valence-corrected chi connectivity index (χ0v) is 12.6. The minimum Gasteiger partial charge on any atom is -0.366 e. The normalized spacial score (nSPS) is 10.1. The topological polar surface area (TPSA) is 72.2 Å². The first-order chi connectivity index (χ1) is 10.1. The molecule has 4 nitrogen and oxygen atoms in total. The van der Waals surface area contributed by atoms with Gasteiger partial charge in [0.2, 0.25) is 11.8 Å². The molecule has 0 heterocycles. The maximum Gasteiger partial charge on any atom is 0.248 e. The van der Waals surface area contributed by atoms with Gasteiger partial charge in [-0.3, -0.25) is 9.59 Å². The number of hydrogen-bond donors (Lipinski definition) is 2. The van der Waals surface area contributed by atoms with Crippen LogP contribution in [-0.2, 0) is 4.79 Å². The van der Waals surface area contributed by atoms with E-state index < -0.39 is 5.91 Å². The number of hydrogen-bond acceptors (Lipinski definition) is 3. The fraction of sp³-hybridized carbons (Fsp3) is 0.0667. The number of primary amides is 1. The lowest BCUT2D eigenvalue weighted by Crippen LogP contribution is -2.12. The summed E-state index contributed by atoms with van der Waals surface area (Å²) >= 11 is 6.98. The van der Waals surface area contributed by atoms with Crippen LogP contribution in [0.2, 0.25) is 0 Å². The highest BCUT2D eigenvalue weighted by Gasteiger charge is 2.03. The number of benzene rings is 2. The molecule has 108 valence electrons. The van der Waals surface area contributed by atoms with Crippen molar-refractivity contribution in [1.82, 2.24) is 0 Å². The molecule has 0 spiro atoms. The summed E-state index contributed by atoms with van der Waals surface area (Å²) in [6.07, 6.45) is 0. The van der Waals surface area contributed by atoms with Crippen molar-refractivity contribution in [3.8, 4) is 0 Å². The minimum absolute atomic E-state index is 0.0668. The molecule has 0 bridgehead atoms. The lowest BCUT2D eigenvalue weighted by atomic mass is 10.2. The Morgan fingerprint density at radius 3 is 2.00 bits per heavy atom. The smallest absolute Gasteiger partial charge is 0.248 e. The predicted octanol–water partition coefficient (Wildman–Crippen LogP) is 3.11. The largest absolute Gasteiger partial charge is 0.366 e. The summed E-state index contributed by atoms with van der Waals surface area (Å²) in [5.41, 5.74) is 6.38. The molecule has 0 radical (unpaired) electrons. The standard InChI is InChI=1S/C15H13ClN2O2S/c16-9-14(19)18-11-3-7-13(8-4-11)21-12-5-1-10(2-6-12)15(17)20/h1-8H,9H2,(H2,17,20)(H,18,19). The molecule has 21 heavy (non-hydrogen) atoms. The summed E-state index contributed by atoms with van der Waals surface area (Å²) in [5.74, 6) is -0.743. The maximum absolute atomic E-state index is 11.2. The highest BCUT2D eigenvalue weighted by Crippen LogP contribution is 2.28. The number of carbonyl (C=O) groups excluding carboxylic acids is 2. The van der Waals surface area contributed by atoms with Crippen LogP contribution in [0.3, 0.4) is 0 Å². The van der Waals surface area contributed by atoms with E-state index in [1.54, 1.807) is 23.9 Å². The second-order valence-corrected chi connectivity index (χ2v) is 5.61. The van der Waals surface area contributed by atoms with E-state index in [1.807, 2.05) is 36.4 Å². The van der Waals surface area contributed by atoms with Crippen LogP contribution in [0, 0.1) is 0 Å². The van der Waals surface area contributed by atoms with Crippen LogP contribution in [0.1, 0.15) is 10.4 Å². The molecule has 0 unspecified atom stereocenters. The number of carbonyl (C=O) groups is 2. The van der Waals surface area contributed by atoms with Crippen LogP contribution in [0.5, 0.6) is 0 Å². The first kappa shape index (κ1) is 15.4. The highest BCUT2D eigenvalue weighted by molar-refractivity contribution is 7.99. The van der Waals surface area contributed by atoms with Gasteiger partial charge in [0.15, 0.2) is 0 Å². The molecule has 2 aromatic carbocycles. The SMILES string of the molecule is NC(=O)c1ccc(Sc2ccc(NC(=O)CCl)cc2)cc1. The molecule has 0 saturated heterocycles. The summed E-state index contributed by atoms with van der Waals surface area (Å²) in [6.45, 7) is 0. The van der Waals surface area contributed by atoms with Gasteiger partial charge in [-0.05, 0) is 48.5 Å². The third-order valence-corrected chi connectivity index (χ3v) is 3.89. The summed E-state index contributed by atoms with van der Waals surface area (Å²) in [6, 6.07) is 14.5.